The molecule has 2 aliphatic heterocycles. The number of hydrogen-bond donors (Lipinski definition) is 3. The molecule has 3 N–H and O–H groups in total. The first-order chi connectivity index (χ1) is 29.1. The maximum atomic E-state index is 12.9. The minimum Gasteiger partial charge on any atom is -0.481 e. The molecule has 0 saturated heterocycles. The number of aryl methyl sites for hydroxylation is 2. The molecular formula is C42H43N11O5S2. The number of aromatic nitrogens is 6. The Morgan fingerprint density at radius 3 is 1.72 bits per heavy atom. The number of rotatable bonds is 9. The molecular weight excluding hydrogens is 803 g/mol. The molecule has 308 valence electrons. The molecule has 6 aromatic heterocycles. The maximum Gasteiger partial charge on any atom is 0.306 e. The number of pyridine rings is 2. The molecule has 0 unspecified atom stereocenters. The number of ether oxygens (including phenoxy) is 2. The highest BCUT2D eigenvalue weighted by Crippen LogP contribution is 2.43. The van der Waals surface area contributed by atoms with Crippen molar-refractivity contribution >= 4 is 90.4 Å². The van der Waals surface area contributed by atoms with Crippen LogP contribution in [-0.2, 0) is 48.4 Å². The smallest absolute Gasteiger partial charge is 0.306 e. The van der Waals surface area contributed by atoms with E-state index >= 15 is 0 Å². The Kier molecular flexibility index (Phi) is 10.6. The van der Waals surface area contributed by atoms with Gasteiger partial charge in [-0.1, -0.05) is 0 Å². The third-order valence-corrected chi connectivity index (χ3v) is 13.9. The molecule has 6 aromatic rings. The van der Waals surface area contributed by atoms with Crippen molar-refractivity contribution in [1.82, 2.24) is 34.8 Å². The summed E-state index contributed by atoms with van der Waals surface area (Å²) in [6.45, 7) is 5.24. The Bertz CT molecular complexity index is 2750. The lowest BCUT2D eigenvalue weighted by atomic mass is 9.86. The number of nitrogens with one attached hydrogen (secondary N) is 2. The van der Waals surface area contributed by atoms with Gasteiger partial charge in [0.1, 0.15) is 45.3 Å². The van der Waals surface area contributed by atoms with E-state index in [0.29, 0.717) is 55.6 Å². The van der Waals surface area contributed by atoms with Gasteiger partial charge in [0, 0.05) is 52.3 Å². The van der Waals surface area contributed by atoms with Gasteiger partial charge in [-0.2, -0.15) is 0 Å². The van der Waals surface area contributed by atoms with Gasteiger partial charge in [0.25, 0.3) is 0 Å². The molecule has 18 heteroatoms. The molecule has 16 nitrogen and oxygen atoms in total. The average Bonchev–Trinajstić information content (AvgIpc) is 4.07. The van der Waals surface area contributed by atoms with Crippen LogP contribution in [0.3, 0.4) is 0 Å². The second-order valence-electron chi connectivity index (χ2n) is 15.4. The number of aliphatic carboxylic acids is 1. The van der Waals surface area contributed by atoms with Gasteiger partial charge in [0.15, 0.2) is 0 Å². The summed E-state index contributed by atoms with van der Waals surface area (Å²) in [4.78, 5) is 65.9. The number of aliphatic imine (C=N–C) groups is 2. The Morgan fingerprint density at radius 2 is 1.25 bits per heavy atom. The van der Waals surface area contributed by atoms with Crippen molar-refractivity contribution in [3.8, 4) is 11.8 Å². The van der Waals surface area contributed by atoms with Crippen molar-refractivity contribution in [3.05, 3.63) is 68.2 Å². The minimum atomic E-state index is -0.733. The standard InChI is InChI=1S/C23H26N6O2S.C19H17N5O3S/c1-12(2)29(3)23(30)13-5-6-15-18(8-13)32-22-19(15)20(25-11-26-22)27-16-7-14-9-24-10-17(14)28-21(16)31-4;1-27-17-12(4-10-6-20-7-13(10)24-17)23-16-15-11-3-2-9(19(25)26)5-14(11)28-18(15)22-8-21-16/h7,9,11-13H,5-6,8,10H2,1-4H3,(H,25,26,27);4,6,8-9H,2-3,5,7H2,1H3,(H,25,26)(H,21,22,23)/t13-;9-/m00/s1. The molecule has 2 aliphatic carbocycles. The minimum absolute atomic E-state index is 0.0209. The van der Waals surface area contributed by atoms with Crippen LogP contribution in [0.2, 0.25) is 0 Å². The molecule has 8 heterocycles. The molecule has 0 aromatic carbocycles. The second-order valence-corrected chi connectivity index (χ2v) is 17.6. The Labute approximate surface area is 353 Å². The van der Waals surface area contributed by atoms with Gasteiger partial charge < -0.3 is 30.1 Å². The first kappa shape index (κ1) is 39.3. The lowest BCUT2D eigenvalue weighted by Crippen LogP contribution is -2.39. The summed E-state index contributed by atoms with van der Waals surface area (Å²) in [5.74, 6) is 1.63. The SMILES string of the molecule is COc1nc2c(cc1Nc1ncnc3sc4c(c13)CC[C@H](C(=O)N(C)C(C)C)C4)C=NC2.COc1nc2c(cc1Nc1ncnc3sc4c(c13)CC[C@H](C(=O)O)C4)C=NC2. The van der Waals surface area contributed by atoms with Crippen molar-refractivity contribution in [2.75, 3.05) is 31.9 Å². The fourth-order valence-electron chi connectivity index (χ4n) is 8.15. The maximum absolute atomic E-state index is 12.9. The Hall–Kier alpha value is -6.14. The normalized spacial score (nSPS) is 17.1. The number of carbonyl (C=O) groups excluding carboxylic acids is 1. The largest absolute Gasteiger partial charge is 0.481 e. The average molecular weight is 846 g/mol. The topological polar surface area (TPSA) is 202 Å². The molecule has 0 bridgehead atoms. The van der Waals surface area contributed by atoms with Gasteiger partial charge in [-0.3, -0.25) is 19.6 Å². The van der Waals surface area contributed by atoms with E-state index in [-0.39, 0.29) is 23.8 Å². The molecule has 0 spiro atoms. The van der Waals surface area contributed by atoms with Gasteiger partial charge in [-0.15, -0.1) is 22.7 Å². The number of carbonyl (C=O) groups is 2. The van der Waals surface area contributed by atoms with E-state index in [4.69, 9.17) is 9.47 Å². The van der Waals surface area contributed by atoms with E-state index in [0.717, 1.165) is 84.2 Å². The summed E-state index contributed by atoms with van der Waals surface area (Å²) < 4.78 is 11.0. The Balaban J connectivity index is 0.000000155. The van der Waals surface area contributed by atoms with Gasteiger partial charge in [0.05, 0.1) is 55.4 Å². The van der Waals surface area contributed by atoms with E-state index in [1.807, 2.05) is 44.1 Å². The van der Waals surface area contributed by atoms with Crippen LogP contribution in [0.4, 0.5) is 23.0 Å². The molecule has 60 heavy (non-hydrogen) atoms. The van der Waals surface area contributed by atoms with Crippen LogP contribution < -0.4 is 20.1 Å². The fraction of sp³-hybridized carbons (Fsp3) is 0.381. The third kappa shape index (κ3) is 7.27. The van der Waals surface area contributed by atoms with Gasteiger partial charge >= 0.3 is 5.97 Å². The molecule has 2 atom stereocenters. The van der Waals surface area contributed by atoms with E-state index in [9.17, 15) is 14.7 Å². The molecule has 4 aliphatic rings. The number of carboxylic acid groups (broad SMARTS) is 1. The molecule has 0 radical (unpaired) electrons. The van der Waals surface area contributed by atoms with E-state index in [1.165, 1.54) is 16.8 Å². The van der Waals surface area contributed by atoms with Crippen LogP contribution in [0.15, 0.2) is 34.8 Å². The summed E-state index contributed by atoms with van der Waals surface area (Å²) >= 11 is 3.22. The number of nitrogens with zero attached hydrogens (tertiary/aromatic N) is 9. The van der Waals surface area contributed by atoms with Crippen LogP contribution >= 0.6 is 22.7 Å². The zero-order valence-electron chi connectivity index (χ0n) is 33.8. The highest BCUT2D eigenvalue weighted by Gasteiger charge is 2.32. The first-order valence-corrected chi connectivity index (χ1v) is 21.4. The number of carboxylic acids is 1. The van der Waals surface area contributed by atoms with Crippen molar-refractivity contribution in [2.24, 2.45) is 21.8 Å². The molecule has 10 rings (SSSR count). The monoisotopic (exact) mass is 845 g/mol. The zero-order valence-corrected chi connectivity index (χ0v) is 35.4. The number of amides is 1. The van der Waals surface area contributed by atoms with Crippen molar-refractivity contribution < 1.29 is 24.2 Å². The van der Waals surface area contributed by atoms with Crippen molar-refractivity contribution in [1.29, 1.82) is 0 Å². The highest BCUT2D eigenvalue weighted by molar-refractivity contribution is 7.19. The second kappa shape index (κ2) is 16.1. The van der Waals surface area contributed by atoms with Crippen LogP contribution in [0.25, 0.3) is 20.4 Å². The Morgan fingerprint density at radius 1 is 0.767 bits per heavy atom. The van der Waals surface area contributed by atoms with Crippen LogP contribution in [0.1, 0.15) is 70.1 Å². The van der Waals surface area contributed by atoms with Gasteiger partial charge in [-0.05, 0) is 75.6 Å². The number of methoxy groups -OCH3 is 2. The zero-order chi connectivity index (χ0) is 41.7. The number of hydrogen-bond acceptors (Lipinski definition) is 16. The van der Waals surface area contributed by atoms with Gasteiger partial charge in [0.2, 0.25) is 17.7 Å². The summed E-state index contributed by atoms with van der Waals surface area (Å²) in [6, 6.07) is 4.17. The van der Waals surface area contributed by atoms with Crippen LogP contribution in [-0.4, -0.2) is 91.5 Å². The third-order valence-electron chi connectivity index (χ3n) is 11.5. The quantitative estimate of drug-likeness (QED) is 0.139. The van der Waals surface area contributed by atoms with Crippen LogP contribution in [0.5, 0.6) is 11.8 Å². The lowest BCUT2D eigenvalue weighted by Gasteiger charge is -2.29. The number of thiophene rings is 2. The highest BCUT2D eigenvalue weighted by atomic mass is 32.1. The number of fused-ring (bicyclic) bond motifs is 8. The summed E-state index contributed by atoms with van der Waals surface area (Å²) in [5.41, 5.74) is 7.62. The molecule has 0 saturated carbocycles. The van der Waals surface area contributed by atoms with E-state index < -0.39 is 5.97 Å². The van der Waals surface area contributed by atoms with Crippen LogP contribution in [0, 0.1) is 11.8 Å². The van der Waals surface area contributed by atoms with E-state index in [2.05, 4.69) is 50.5 Å². The number of anilines is 4. The predicted octanol–water partition coefficient (Wildman–Crippen LogP) is 6.70. The molecule has 1 amide bonds. The fourth-order valence-corrected chi connectivity index (χ4v) is 10.7. The van der Waals surface area contributed by atoms with Gasteiger partial charge in [-0.25, -0.2) is 29.9 Å². The first-order valence-electron chi connectivity index (χ1n) is 19.8. The predicted molar refractivity (Wildman–Crippen MR) is 232 cm³/mol. The van der Waals surface area contributed by atoms with E-state index in [1.54, 1.807) is 49.4 Å². The summed E-state index contributed by atoms with van der Waals surface area (Å²) in [6.07, 6.45) is 11.1. The summed E-state index contributed by atoms with van der Waals surface area (Å²) in [7, 11) is 5.09. The lowest BCUT2D eigenvalue weighted by molar-refractivity contribution is -0.142. The molecule has 0 fully saturated rings. The van der Waals surface area contributed by atoms with Crippen molar-refractivity contribution in [2.45, 2.75) is 71.5 Å². The van der Waals surface area contributed by atoms with Crippen molar-refractivity contribution in [3.63, 3.8) is 0 Å². The summed E-state index contributed by atoms with van der Waals surface area (Å²) in [5, 5.41) is 18.1.